The van der Waals surface area contributed by atoms with E-state index in [9.17, 15) is 4.79 Å². The molecular weight excluding hydrogens is 420 g/mol. The first-order valence-electron chi connectivity index (χ1n) is 9.43. The summed E-state index contributed by atoms with van der Waals surface area (Å²) in [4.78, 5) is 23.6. The number of hydrogen-bond acceptors (Lipinski definition) is 4. The van der Waals surface area contributed by atoms with Crippen molar-refractivity contribution in [1.82, 2.24) is 25.0 Å². The van der Waals surface area contributed by atoms with Gasteiger partial charge in [0.05, 0.1) is 12.2 Å². The molecule has 0 saturated carbocycles. The number of amides is 2. The molecule has 2 amide bonds. The van der Waals surface area contributed by atoms with Crippen molar-refractivity contribution in [2.24, 2.45) is 0 Å². The number of hydrogen-bond donors (Lipinski definition) is 2. The molecule has 1 aliphatic heterocycles. The minimum Gasteiger partial charge on any atom is -0.356 e. The number of imidazole rings is 1. The average molecular weight is 443 g/mol. The number of nitrogens with zero attached hydrogens (tertiary/aromatic N) is 4. The molecule has 28 heavy (non-hydrogen) atoms. The van der Waals surface area contributed by atoms with E-state index in [-0.39, 0.29) is 12.1 Å². The molecule has 1 fully saturated rings. The number of pyridine rings is 2. The van der Waals surface area contributed by atoms with Crippen LogP contribution in [0.5, 0.6) is 0 Å². The van der Waals surface area contributed by atoms with Gasteiger partial charge < -0.3 is 19.9 Å². The lowest BCUT2D eigenvalue weighted by Gasteiger charge is -2.33. The summed E-state index contributed by atoms with van der Waals surface area (Å²) in [6.45, 7) is 4.19. The highest BCUT2D eigenvalue weighted by Crippen LogP contribution is 2.18. The lowest BCUT2D eigenvalue weighted by Crippen LogP contribution is -2.48. The zero-order valence-corrected chi connectivity index (χ0v) is 17.3. The Bertz CT molecular complexity index is 980. The number of rotatable bonds is 4. The van der Waals surface area contributed by atoms with Crippen LogP contribution in [0.3, 0.4) is 0 Å². The summed E-state index contributed by atoms with van der Waals surface area (Å²) in [6.07, 6.45) is 5.69. The van der Waals surface area contributed by atoms with Crippen LogP contribution in [-0.4, -0.2) is 39.5 Å². The normalized spacial score (nSPS) is 15.0. The number of fused-ring (bicyclic) bond motifs is 1. The minimum absolute atomic E-state index is 0.148. The van der Waals surface area contributed by atoms with Crippen LogP contribution in [0.1, 0.15) is 24.2 Å². The molecule has 3 aromatic rings. The Hall–Kier alpha value is -2.61. The van der Waals surface area contributed by atoms with Crippen molar-refractivity contribution >= 4 is 33.4 Å². The van der Waals surface area contributed by atoms with E-state index in [1.54, 1.807) is 0 Å². The predicted molar refractivity (Wildman–Crippen MR) is 112 cm³/mol. The van der Waals surface area contributed by atoms with Crippen LogP contribution < -0.4 is 15.5 Å². The molecule has 146 valence electrons. The van der Waals surface area contributed by atoms with Gasteiger partial charge in [-0.2, -0.15) is 0 Å². The van der Waals surface area contributed by atoms with Crippen molar-refractivity contribution in [2.75, 3.05) is 18.0 Å². The van der Waals surface area contributed by atoms with Crippen molar-refractivity contribution in [3.63, 3.8) is 0 Å². The predicted octanol–water partition coefficient (Wildman–Crippen LogP) is 3.27. The molecule has 1 aliphatic rings. The molecule has 7 nitrogen and oxygen atoms in total. The molecule has 0 atom stereocenters. The SMILES string of the molecule is Cc1cccc(N2CCC(NC(=O)NCc3cn4cc(Br)ccc4n3)CC2)n1. The van der Waals surface area contributed by atoms with Crippen LogP contribution in [0.25, 0.3) is 5.65 Å². The number of carbonyl (C=O) groups excluding carboxylic acids is 1. The molecule has 8 heteroatoms. The molecule has 0 aromatic carbocycles. The summed E-state index contributed by atoms with van der Waals surface area (Å²) in [5.41, 5.74) is 2.71. The molecule has 0 unspecified atom stereocenters. The Balaban J connectivity index is 1.25. The summed E-state index contributed by atoms with van der Waals surface area (Å²) < 4.78 is 2.93. The van der Waals surface area contributed by atoms with Crippen LogP contribution in [0, 0.1) is 6.92 Å². The van der Waals surface area contributed by atoms with Gasteiger partial charge in [0.15, 0.2) is 0 Å². The van der Waals surface area contributed by atoms with Gasteiger partial charge in [-0.3, -0.25) is 0 Å². The maximum Gasteiger partial charge on any atom is 0.315 e. The molecule has 3 aromatic heterocycles. The summed E-state index contributed by atoms with van der Waals surface area (Å²) in [7, 11) is 0. The number of urea groups is 1. The van der Waals surface area contributed by atoms with Gasteiger partial charge in [0.25, 0.3) is 0 Å². The maximum absolute atomic E-state index is 12.3. The molecule has 0 spiro atoms. The molecular formula is C20H23BrN6O. The van der Waals surface area contributed by atoms with E-state index in [4.69, 9.17) is 0 Å². The Kier molecular flexibility index (Phi) is 5.47. The number of nitrogens with one attached hydrogen (secondary N) is 2. The van der Waals surface area contributed by atoms with Crippen LogP contribution in [0.4, 0.5) is 10.6 Å². The van der Waals surface area contributed by atoms with E-state index in [1.165, 1.54) is 0 Å². The first-order valence-corrected chi connectivity index (χ1v) is 10.2. The van der Waals surface area contributed by atoms with Crippen LogP contribution in [-0.2, 0) is 6.54 Å². The first kappa shape index (κ1) is 18.7. The number of halogens is 1. The quantitative estimate of drug-likeness (QED) is 0.649. The second-order valence-corrected chi connectivity index (χ2v) is 7.99. The minimum atomic E-state index is -0.148. The topological polar surface area (TPSA) is 74.6 Å². The van der Waals surface area contributed by atoms with Gasteiger partial charge in [-0.15, -0.1) is 0 Å². The molecule has 1 saturated heterocycles. The van der Waals surface area contributed by atoms with Gasteiger partial charge in [-0.1, -0.05) is 6.07 Å². The molecule has 2 N–H and O–H groups in total. The number of aromatic nitrogens is 3. The van der Waals surface area contributed by atoms with Gasteiger partial charge in [0, 0.05) is 41.7 Å². The van der Waals surface area contributed by atoms with E-state index in [0.717, 1.165) is 53.3 Å². The second kappa shape index (κ2) is 8.18. The fourth-order valence-corrected chi connectivity index (χ4v) is 3.82. The number of carbonyl (C=O) groups is 1. The third-order valence-corrected chi connectivity index (χ3v) is 5.39. The third-order valence-electron chi connectivity index (χ3n) is 4.92. The molecule has 4 rings (SSSR count). The van der Waals surface area contributed by atoms with Crippen molar-refractivity contribution in [3.05, 3.63) is 58.6 Å². The van der Waals surface area contributed by atoms with Crippen molar-refractivity contribution in [3.8, 4) is 0 Å². The van der Waals surface area contributed by atoms with E-state index in [2.05, 4.69) is 41.4 Å². The average Bonchev–Trinajstić information content (AvgIpc) is 3.09. The van der Waals surface area contributed by atoms with Gasteiger partial charge in [0.1, 0.15) is 11.5 Å². The number of aryl methyl sites for hydroxylation is 1. The van der Waals surface area contributed by atoms with Crippen LogP contribution >= 0.6 is 15.9 Å². The van der Waals surface area contributed by atoms with E-state index < -0.39 is 0 Å². The van der Waals surface area contributed by atoms with E-state index in [0.29, 0.717) is 6.54 Å². The smallest absolute Gasteiger partial charge is 0.315 e. The number of anilines is 1. The summed E-state index contributed by atoms with van der Waals surface area (Å²) in [5, 5.41) is 5.98. The van der Waals surface area contributed by atoms with Crippen LogP contribution in [0.2, 0.25) is 0 Å². The highest BCUT2D eigenvalue weighted by atomic mass is 79.9. The Morgan fingerprint density at radius 2 is 2.00 bits per heavy atom. The fraction of sp³-hybridized carbons (Fsp3) is 0.350. The largest absolute Gasteiger partial charge is 0.356 e. The van der Waals surface area contributed by atoms with Gasteiger partial charge >= 0.3 is 6.03 Å². The van der Waals surface area contributed by atoms with Gasteiger partial charge in [-0.05, 0) is 60.0 Å². The monoisotopic (exact) mass is 442 g/mol. The number of piperidine rings is 1. The lowest BCUT2D eigenvalue weighted by molar-refractivity contribution is 0.234. The Morgan fingerprint density at radius 3 is 2.79 bits per heavy atom. The van der Waals surface area contributed by atoms with E-state index >= 15 is 0 Å². The highest BCUT2D eigenvalue weighted by molar-refractivity contribution is 9.10. The third kappa shape index (κ3) is 4.44. The molecule has 4 heterocycles. The maximum atomic E-state index is 12.3. The summed E-state index contributed by atoms with van der Waals surface area (Å²) in [5.74, 6) is 1.02. The van der Waals surface area contributed by atoms with Crippen molar-refractivity contribution in [2.45, 2.75) is 32.4 Å². The highest BCUT2D eigenvalue weighted by Gasteiger charge is 2.21. The van der Waals surface area contributed by atoms with Crippen molar-refractivity contribution in [1.29, 1.82) is 0 Å². The standard InChI is InChI=1S/C20H23BrN6O/c1-14-3-2-4-18(23-14)26-9-7-16(8-10-26)25-20(28)22-11-17-13-27-12-15(21)5-6-19(27)24-17/h2-6,12-13,16H,7-11H2,1H3,(H2,22,25,28). The summed E-state index contributed by atoms with van der Waals surface area (Å²) in [6, 6.07) is 10.00. The molecule has 0 bridgehead atoms. The fourth-order valence-electron chi connectivity index (χ4n) is 3.47. The van der Waals surface area contributed by atoms with Gasteiger partial charge in [0.2, 0.25) is 0 Å². The Morgan fingerprint density at radius 1 is 1.18 bits per heavy atom. The van der Waals surface area contributed by atoms with Crippen LogP contribution in [0.15, 0.2) is 47.2 Å². The van der Waals surface area contributed by atoms with Crippen molar-refractivity contribution < 1.29 is 4.79 Å². The Labute approximate surface area is 172 Å². The van der Waals surface area contributed by atoms with Gasteiger partial charge in [-0.25, -0.2) is 14.8 Å². The first-order chi connectivity index (χ1) is 13.6. The lowest BCUT2D eigenvalue weighted by atomic mass is 10.1. The zero-order chi connectivity index (χ0) is 19.5. The van der Waals surface area contributed by atoms with E-state index in [1.807, 2.05) is 54.0 Å². The summed E-state index contributed by atoms with van der Waals surface area (Å²) >= 11 is 3.45. The zero-order valence-electron chi connectivity index (χ0n) is 15.7. The second-order valence-electron chi connectivity index (χ2n) is 7.07. The molecule has 0 radical (unpaired) electrons. The molecule has 0 aliphatic carbocycles.